The number of likely N-dealkylation sites (tertiary alicyclic amines) is 1. The van der Waals surface area contributed by atoms with Crippen LogP contribution in [0.1, 0.15) is 12.8 Å². The number of carbonyl (C=O) groups is 4. The lowest BCUT2D eigenvalue weighted by atomic mass is 9.77. The van der Waals surface area contributed by atoms with Gasteiger partial charge in [0.25, 0.3) is 11.8 Å². The van der Waals surface area contributed by atoms with E-state index >= 15 is 0 Å². The molecule has 22 heavy (non-hydrogen) atoms. The predicted molar refractivity (Wildman–Crippen MR) is 73.9 cm³/mol. The van der Waals surface area contributed by atoms with Gasteiger partial charge in [-0.05, 0) is 12.8 Å². The van der Waals surface area contributed by atoms with Crippen molar-refractivity contribution in [3.63, 3.8) is 0 Å². The highest BCUT2D eigenvalue weighted by Crippen LogP contribution is 2.45. The van der Waals surface area contributed by atoms with E-state index in [9.17, 15) is 19.2 Å². The first-order chi connectivity index (χ1) is 10.6. The summed E-state index contributed by atoms with van der Waals surface area (Å²) in [4.78, 5) is 50.9. The quantitative estimate of drug-likeness (QED) is 0.507. The maximum atomic E-state index is 12.7. The number of fused-ring (bicyclic) bond motifs is 2. The summed E-state index contributed by atoms with van der Waals surface area (Å²) in [6, 6.07) is 0. The summed E-state index contributed by atoms with van der Waals surface area (Å²) in [5.41, 5.74) is -1.54. The third-order valence-electron chi connectivity index (χ3n) is 4.89. The van der Waals surface area contributed by atoms with Crippen molar-refractivity contribution in [1.82, 2.24) is 10.2 Å². The summed E-state index contributed by atoms with van der Waals surface area (Å²) in [5, 5.41) is 3.53. The highest BCUT2D eigenvalue weighted by molar-refractivity contribution is 6.18. The second-order valence-electron chi connectivity index (χ2n) is 5.95. The Kier molecular flexibility index (Phi) is 2.55. The van der Waals surface area contributed by atoms with Gasteiger partial charge in [-0.25, -0.2) is 0 Å². The molecule has 0 aromatic heterocycles. The predicted octanol–water partition coefficient (Wildman–Crippen LogP) is 0.0898. The molecule has 2 aliphatic heterocycles. The number of amides is 4. The second kappa shape index (κ2) is 4.25. The molecule has 2 heterocycles. The Bertz CT molecular complexity index is 675. The summed E-state index contributed by atoms with van der Waals surface area (Å²) >= 11 is 0. The highest BCUT2D eigenvalue weighted by atomic mass is 16.2. The van der Waals surface area contributed by atoms with Crippen LogP contribution in [0.3, 0.4) is 0 Å². The fourth-order valence-electron chi connectivity index (χ4n) is 3.84. The molecule has 111 valence electrons. The molecule has 0 aromatic rings. The minimum Gasteiger partial charge on any atom is -0.274 e. The van der Waals surface area contributed by atoms with Crippen molar-refractivity contribution >= 4 is 23.6 Å². The van der Waals surface area contributed by atoms with Crippen LogP contribution in [0.15, 0.2) is 36.5 Å². The van der Waals surface area contributed by atoms with Crippen LogP contribution in [0.2, 0.25) is 0 Å². The van der Waals surface area contributed by atoms with Crippen molar-refractivity contribution in [3.05, 3.63) is 36.5 Å². The van der Waals surface area contributed by atoms with Crippen LogP contribution in [0.5, 0.6) is 0 Å². The van der Waals surface area contributed by atoms with Crippen molar-refractivity contribution in [1.29, 1.82) is 0 Å². The number of nitrogens with zero attached hydrogens (tertiary/aromatic N) is 2. The third-order valence-corrected chi connectivity index (χ3v) is 4.89. The van der Waals surface area contributed by atoms with Gasteiger partial charge < -0.3 is 0 Å². The van der Waals surface area contributed by atoms with Gasteiger partial charge in [0.15, 0.2) is 5.54 Å². The molecule has 1 radical (unpaired) electrons. The molecule has 0 bridgehead atoms. The van der Waals surface area contributed by atoms with Crippen molar-refractivity contribution < 1.29 is 19.2 Å². The molecule has 0 aromatic carbocycles. The van der Waals surface area contributed by atoms with E-state index in [0.717, 1.165) is 4.90 Å². The summed E-state index contributed by atoms with van der Waals surface area (Å²) in [5.74, 6) is -4.01. The fourth-order valence-corrected chi connectivity index (χ4v) is 3.84. The highest BCUT2D eigenvalue weighted by Gasteiger charge is 2.65. The maximum Gasteiger partial charge on any atom is 0.280 e. The number of rotatable bonds is 1. The van der Waals surface area contributed by atoms with E-state index in [-0.39, 0.29) is 0 Å². The Morgan fingerprint density at radius 1 is 1.05 bits per heavy atom. The number of hydrogen-bond acceptors (Lipinski definition) is 4. The Balaban J connectivity index is 1.86. The van der Waals surface area contributed by atoms with Gasteiger partial charge in [-0.15, -0.1) is 0 Å². The zero-order valence-electron chi connectivity index (χ0n) is 11.6. The lowest BCUT2D eigenvalue weighted by Crippen LogP contribution is -2.59. The van der Waals surface area contributed by atoms with Crippen LogP contribution in [-0.2, 0) is 19.2 Å². The van der Waals surface area contributed by atoms with E-state index < -0.39 is 46.9 Å². The van der Waals surface area contributed by atoms with Crippen LogP contribution in [-0.4, -0.2) is 34.1 Å². The summed E-state index contributed by atoms with van der Waals surface area (Å²) in [6.07, 6.45) is 11.1. The fraction of sp³-hybridized carbons (Fsp3) is 0.375. The monoisotopic (exact) mass is 297 g/mol. The first-order valence-corrected chi connectivity index (χ1v) is 7.28. The van der Waals surface area contributed by atoms with E-state index in [1.54, 1.807) is 30.4 Å². The SMILES string of the molecule is O=C1[N]C(=O)C2(N3C(=O)C4C=CC=CC4C3=O)C=CCCC12. The average Bonchev–Trinajstić information content (AvgIpc) is 2.93. The van der Waals surface area contributed by atoms with E-state index in [0.29, 0.717) is 12.8 Å². The van der Waals surface area contributed by atoms with E-state index in [1.807, 2.05) is 0 Å². The van der Waals surface area contributed by atoms with Crippen LogP contribution >= 0.6 is 0 Å². The summed E-state index contributed by atoms with van der Waals surface area (Å²) in [7, 11) is 0. The van der Waals surface area contributed by atoms with Gasteiger partial charge in [-0.2, -0.15) is 5.32 Å². The Morgan fingerprint density at radius 3 is 2.32 bits per heavy atom. The largest absolute Gasteiger partial charge is 0.280 e. The Hall–Kier alpha value is -2.50. The lowest BCUT2D eigenvalue weighted by Gasteiger charge is -2.37. The van der Waals surface area contributed by atoms with Crippen LogP contribution < -0.4 is 5.32 Å². The molecule has 4 aliphatic rings. The molecule has 0 N–H and O–H groups in total. The van der Waals surface area contributed by atoms with Crippen molar-refractivity contribution in [2.24, 2.45) is 17.8 Å². The smallest absolute Gasteiger partial charge is 0.274 e. The standard InChI is InChI=1S/C16H13N2O4/c19-12-11-7-3-4-8-16(11,15(22)17-12)18-13(20)9-5-1-2-6-10(9)14(18)21/h1-2,4-6,8-11H,3,7H2. The molecule has 0 spiro atoms. The number of imide groups is 2. The second-order valence-corrected chi connectivity index (χ2v) is 5.95. The molecule has 4 atom stereocenters. The molecule has 6 heteroatoms. The van der Waals surface area contributed by atoms with Gasteiger partial charge in [-0.3, -0.25) is 24.1 Å². The molecule has 2 fully saturated rings. The molecule has 4 rings (SSSR count). The van der Waals surface area contributed by atoms with Gasteiger partial charge in [0.1, 0.15) is 0 Å². The maximum absolute atomic E-state index is 12.7. The molecule has 6 nitrogen and oxygen atoms in total. The van der Waals surface area contributed by atoms with Gasteiger partial charge in [0.05, 0.1) is 17.8 Å². The topological polar surface area (TPSA) is 85.6 Å². The lowest BCUT2D eigenvalue weighted by molar-refractivity contribution is -0.152. The van der Waals surface area contributed by atoms with Crippen molar-refractivity contribution in [2.45, 2.75) is 18.4 Å². The first-order valence-electron chi connectivity index (χ1n) is 7.28. The van der Waals surface area contributed by atoms with Gasteiger partial charge >= 0.3 is 0 Å². The molecule has 2 aliphatic carbocycles. The third kappa shape index (κ3) is 1.39. The molecule has 4 unspecified atom stereocenters. The summed E-state index contributed by atoms with van der Waals surface area (Å²) in [6.45, 7) is 0. The normalized spacial score (nSPS) is 39.3. The molecule has 2 saturated heterocycles. The van der Waals surface area contributed by atoms with Gasteiger partial charge in [0, 0.05) is 0 Å². The van der Waals surface area contributed by atoms with E-state index in [1.165, 1.54) is 6.08 Å². The van der Waals surface area contributed by atoms with Crippen LogP contribution in [0.4, 0.5) is 0 Å². The average molecular weight is 297 g/mol. The van der Waals surface area contributed by atoms with Gasteiger partial charge in [0.2, 0.25) is 11.8 Å². The number of carbonyl (C=O) groups excluding carboxylic acids is 4. The van der Waals surface area contributed by atoms with Crippen molar-refractivity contribution in [2.75, 3.05) is 0 Å². The molecular formula is C16H13N2O4. The number of allylic oxidation sites excluding steroid dienone is 3. The molecule has 4 amide bonds. The van der Waals surface area contributed by atoms with Gasteiger partial charge in [-0.1, -0.05) is 36.5 Å². The summed E-state index contributed by atoms with van der Waals surface area (Å²) < 4.78 is 0. The van der Waals surface area contributed by atoms with Crippen molar-refractivity contribution in [3.8, 4) is 0 Å². The number of hydrogen-bond donors (Lipinski definition) is 0. The van der Waals surface area contributed by atoms with E-state index in [4.69, 9.17) is 0 Å². The Morgan fingerprint density at radius 2 is 1.68 bits per heavy atom. The zero-order valence-corrected chi connectivity index (χ0v) is 11.6. The Labute approximate surface area is 126 Å². The first kappa shape index (κ1) is 13.2. The minimum atomic E-state index is -1.54. The van der Waals surface area contributed by atoms with Crippen LogP contribution in [0, 0.1) is 17.8 Å². The zero-order chi connectivity index (χ0) is 15.5. The van der Waals surface area contributed by atoms with E-state index in [2.05, 4.69) is 5.32 Å². The van der Waals surface area contributed by atoms with Crippen LogP contribution in [0.25, 0.3) is 0 Å². The minimum absolute atomic E-state index is 0.419. The molecular weight excluding hydrogens is 284 g/mol. The molecule has 0 saturated carbocycles.